The topological polar surface area (TPSA) is 89.3 Å². The van der Waals surface area contributed by atoms with Gasteiger partial charge in [0.1, 0.15) is 23.9 Å². The van der Waals surface area contributed by atoms with E-state index in [0.717, 1.165) is 0 Å². The Labute approximate surface area is 185 Å². The lowest BCUT2D eigenvalue weighted by atomic mass is 9.97. The zero-order valence-electron chi connectivity index (χ0n) is 18.2. The Balaban J connectivity index is 1.46. The number of ether oxygens (including phenoxy) is 2. The molecule has 0 spiro atoms. The molecule has 1 saturated heterocycles. The van der Waals surface area contributed by atoms with Crippen molar-refractivity contribution in [3.63, 3.8) is 0 Å². The third kappa shape index (κ3) is 6.09. The van der Waals surface area contributed by atoms with Gasteiger partial charge in [0.05, 0.1) is 19.1 Å². The fraction of sp³-hybridized carbons (Fsp3) is 0.435. The number of carbonyl (C=O) groups excluding carboxylic acids is 3. The second-order valence-corrected chi connectivity index (χ2v) is 7.58. The summed E-state index contributed by atoms with van der Waals surface area (Å²) in [6.45, 7) is 3.01. The summed E-state index contributed by atoms with van der Waals surface area (Å²) in [6, 6.07) is 8.72. The van der Waals surface area contributed by atoms with Gasteiger partial charge in [-0.15, -0.1) is 0 Å². The Morgan fingerprint density at radius 1 is 1.12 bits per heavy atom. The second kappa shape index (κ2) is 10.8. The van der Waals surface area contributed by atoms with E-state index < -0.39 is 5.91 Å². The van der Waals surface area contributed by atoms with Gasteiger partial charge in [0.15, 0.2) is 5.76 Å². The van der Waals surface area contributed by atoms with Crippen LogP contribution in [0, 0.1) is 11.7 Å². The van der Waals surface area contributed by atoms with Gasteiger partial charge < -0.3 is 23.7 Å². The number of hydrogen-bond donors (Lipinski definition) is 0. The summed E-state index contributed by atoms with van der Waals surface area (Å²) in [5.41, 5.74) is 0. The van der Waals surface area contributed by atoms with E-state index in [1.54, 1.807) is 17.9 Å². The summed E-state index contributed by atoms with van der Waals surface area (Å²) in [6.07, 6.45) is 1.11. The maximum absolute atomic E-state index is 12.9. The number of benzene rings is 1. The second-order valence-electron chi connectivity index (χ2n) is 7.58. The van der Waals surface area contributed by atoms with Crippen molar-refractivity contribution >= 4 is 17.8 Å². The summed E-state index contributed by atoms with van der Waals surface area (Å²) < 4.78 is 29.0. The Morgan fingerprint density at radius 2 is 1.81 bits per heavy atom. The zero-order valence-corrected chi connectivity index (χ0v) is 18.2. The van der Waals surface area contributed by atoms with Gasteiger partial charge in [0.25, 0.3) is 5.91 Å². The first-order chi connectivity index (χ1) is 15.4. The van der Waals surface area contributed by atoms with E-state index >= 15 is 0 Å². The molecule has 3 rings (SSSR count). The first-order valence-corrected chi connectivity index (χ1v) is 10.5. The van der Waals surface area contributed by atoms with Crippen LogP contribution in [0.4, 0.5) is 4.39 Å². The van der Waals surface area contributed by atoms with E-state index in [-0.39, 0.29) is 42.5 Å². The van der Waals surface area contributed by atoms with Crippen molar-refractivity contribution in [3.8, 4) is 5.75 Å². The zero-order chi connectivity index (χ0) is 23.1. The van der Waals surface area contributed by atoms with Gasteiger partial charge in [-0.2, -0.15) is 0 Å². The van der Waals surface area contributed by atoms with Crippen LogP contribution in [0.25, 0.3) is 0 Å². The number of nitrogens with zero attached hydrogens (tertiary/aromatic N) is 2. The van der Waals surface area contributed by atoms with E-state index in [0.29, 0.717) is 44.0 Å². The van der Waals surface area contributed by atoms with E-state index in [1.165, 1.54) is 42.3 Å². The lowest BCUT2D eigenvalue weighted by Crippen LogP contribution is -2.45. The van der Waals surface area contributed by atoms with Crippen LogP contribution in [0.5, 0.6) is 5.75 Å². The monoisotopic (exact) mass is 446 g/mol. The third-order valence-corrected chi connectivity index (χ3v) is 5.25. The molecule has 1 fully saturated rings. The molecule has 9 heteroatoms. The Morgan fingerprint density at radius 3 is 2.47 bits per heavy atom. The van der Waals surface area contributed by atoms with Crippen LogP contribution in [0.15, 0.2) is 40.8 Å². The molecule has 1 aliphatic heterocycles. The molecule has 0 bridgehead atoms. The predicted octanol–water partition coefficient (Wildman–Crippen LogP) is 2.87. The van der Waals surface area contributed by atoms with E-state index in [9.17, 15) is 18.8 Å². The highest BCUT2D eigenvalue weighted by Crippen LogP contribution is 2.19. The summed E-state index contributed by atoms with van der Waals surface area (Å²) in [4.78, 5) is 40.0. The number of halogens is 1. The van der Waals surface area contributed by atoms with Gasteiger partial charge in [-0.3, -0.25) is 14.4 Å². The van der Waals surface area contributed by atoms with Crippen molar-refractivity contribution in [2.45, 2.75) is 26.4 Å². The van der Waals surface area contributed by atoms with Crippen LogP contribution in [-0.2, 0) is 20.9 Å². The van der Waals surface area contributed by atoms with Crippen molar-refractivity contribution in [3.05, 3.63) is 53.7 Å². The number of amides is 2. The molecule has 1 aromatic carbocycles. The van der Waals surface area contributed by atoms with Crippen LogP contribution in [-0.4, -0.2) is 60.9 Å². The minimum atomic E-state index is -0.423. The van der Waals surface area contributed by atoms with Crippen LogP contribution in [0.1, 0.15) is 36.1 Å². The minimum absolute atomic E-state index is 0.0803. The van der Waals surface area contributed by atoms with Gasteiger partial charge in [-0.05, 0) is 56.2 Å². The van der Waals surface area contributed by atoms with Crippen molar-refractivity contribution in [2.24, 2.45) is 5.92 Å². The highest BCUT2D eigenvalue weighted by atomic mass is 19.1. The number of hydrogen-bond acceptors (Lipinski definition) is 6. The molecule has 0 radical (unpaired) electrons. The lowest BCUT2D eigenvalue weighted by molar-refractivity contribution is -0.151. The number of esters is 1. The Bertz CT molecular complexity index is 934. The van der Waals surface area contributed by atoms with Gasteiger partial charge in [-0.1, -0.05) is 0 Å². The Hall–Kier alpha value is -3.36. The number of carbonyl (C=O) groups is 3. The average Bonchev–Trinajstić information content (AvgIpc) is 3.27. The third-order valence-electron chi connectivity index (χ3n) is 5.25. The molecule has 0 atom stereocenters. The number of piperidine rings is 1. The molecular formula is C23H27FN2O6. The fourth-order valence-corrected chi connectivity index (χ4v) is 3.44. The smallest absolute Gasteiger partial charge is 0.309 e. The molecule has 0 saturated carbocycles. The van der Waals surface area contributed by atoms with E-state index in [2.05, 4.69) is 0 Å². The standard InChI is InChI=1S/C23H27FN2O6/c1-3-30-23(29)16-10-12-26(13-11-16)21(27)14-25(2)22(28)20-9-8-19(32-20)15-31-18-6-4-17(24)5-7-18/h4-9,16H,3,10-15H2,1-2H3. The van der Waals surface area contributed by atoms with Gasteiger partial charge >= 0.3 is 5.97 Å². The highest BCUT2D eigenvalue weighted by molar-refractivity contribution is 5.94. The minimum Gasteiger partial charge on any atom is -0.486 e. The summed E-state index contributed by atoms with van der Waals surface area (Å²) >= 11 is 0. The number of likely N-dealkylation sites (N-methyl/N-ethyl adjacent to an activating group) is 1. The van der Waals surface area contributed by atoms with Crippen molar-refractivity contribution in [1.82, 2.24) is 9.80 Å². The normalized spacial score (nSPS) is 14.2. The molecule has 0 aliphatic carbocycles. The van der Waals surface area contributed by atoms with E-state index in [1.807, 2.05) is 0 Å². The van der Waals surface area contributed by atoms with E-state index in [4.69, 9.17) is 13.9 Å². The first-order valence-electron chi connectivity index (χ1n) is 10.5. The molecule has 32 heavy (non-hydrogen) atoms. The average molecular weight is 446 g/mol. The van der Waals surface area contributed by atoms with Gasteiger partial charge in [-0.25, -0.2) is 4.39 Å². The number of likely N-dealkylation sites (tertiary alicyclic amines) is 1. The summed E-state index contributed by atoms with van der Waals surface area (Å²) in [5, 5.41) is 0. The molecule has 0 unspecified atom stereocenters. The maximum atomic E-state index is 12.9. The Kier molecular flexibility index (Phi) is 7.86. The number of rotatable bonds is 8. The summed E-state index contributed by atoms with van der Waals surface area (Å²) in [7, 11) is 1.53. The predicted molar refractivity (Wildman–Crippen MR) is 112 cm³/mol. The molecule has 2 heterocycles. The van der Waals surface area contributed by atoms with Crippen molar-refractivity contribution in [2.75, 3.05) is 33.3 Å². The molecule has 1 aliphatic rings. The van der Waals surface area contributed by atoms with Crippen LogP contribution >= 0.6 is 0 Å². The molecule has 172 valence electrons. The quantitative estimate of drug-likeness (QED) is 0.580. The molecular weight excluding hydrogens is 419 g/mol. The largest absolute Gasteiger partial charge is 0.486 e. The van der Waals surface area contributed by atoms with Crippen molar-refractivity contribution < 1.29 is 32.7 Å². The van der Waals surface area contributed by atoms with Gasteiger partial charge in [0, 0.05) is 20.1 Å². The summed E-state index contributed by atoms with van der Waals surface area (Å²) in [5.74, 6) is -0.366. The van der Waals surface area contributed by atoms with Crippen molar-refractivity contribution in [1.29, 1.82) is 0 Å². The molecule has 0 N–H and O–H groups in total. The maximum Gasteiger partial charge on any atom is 0.309 e. The van der Waals surface area contributed by atoms with Crippen LogP contribution in [0.3, 0.4) is 0 Å². The molecule has 8 nitrogen and oxygen atoms in total. The van der Waals surface area contributed by atoms with Crippen LogP contribution < -0.4 is 4.74 Å². The molecule has 2 aromatic rings. The van der Waals surface area contributed by atoms with Gasteiger partial charge in [0.2, 0.25) is 5.91 Å². The fourth-order valence-electron chi connectivity index (χ4n) is 3.44. The SMILES string of the molecule is CCOC(=O)C1CCN(C(=O)CN(C)C(=O)c2ccc(COc3ccc(F)cc3)o2)CC1. The first kappa shape index (κ1) is 23.3. The lowest BCUT2D eigenvalue weighted by Gasteiger charge is -2.32. The molecule has 2 amide bonds. The molecule has 1 aromatic heterocycles. The van der Waals surface area contributed by atoms with Crippen LogP contribution in [0.2, 0.25) is 0 Å². The number of furan rings is 1. The highest BCUT2D eigenvalue weighted by Gasteiger charge is 2.29.